The number of epoxide rings is 1. The fraction of sp³-hybridized carbons (Fsp3) is 0.484. The van der Waals surface area contributed by atoms with Crippen LogP contribution in [0.25, 0.3) is 0 Å². The van der Waals surface area contributed by atoms with Crippen molar-refractivity contribution in [3.05, 3.63) is 66.3 Å². The van der Waals surface area contributed by atoms with Crippen molar-refractivity contribution in [1.82, 2.24) is 20.9 Å². The Morgan fingerprint density at radius 2 is 1.74 bits per heavy atom. The Kier molecular flexibility index (Phi) is 12.0. The van der Waals surface area contributed by atoms with Crippen molar-refractivity contribution in [1.29, 1.82) is 0 Å². The van der Waals surface area contributed by atoms with Crippen LogP contribution in [0.2, 0.25) is 0 Å². The summed E-state index contributed by atoms with van der Waals surface area (Å²) in [6, 6.07) is 4.07. The fourth-order valence-corrected chi connectivity index (χ4v) is 4.33. The van der Waals surface area contributed by atoms with Gasteiger partial charge in [-0.25, -0.2) is 0 Å². The number of Topliss-reactive ketones (excluding diaryl/α,β-unsaturated/α-hetero) is 1. The number of allylic oxidation sites excluding steroid dienone is 3. The van der Waals surface area contributed by atoms with Gasteiger partial charge in [0.05, 0.1) is 33.5 Å². The minimum absolute atomic E-state index is 0.131. The van der Waals surface area contributed by atoms with Crippen LogP contribution >= 0.6 is 0 Å². The van der Waals surface area contributed by atoms with Crippen LogP contribution in [0.3, 0.4) is 0 Å². The van der Waals surface area contributed by atoms with Crippen LogP contribution in [0.1, 0.15) is 26.3 Å². The first-order valence-electron chi connectivity index (χ1n) is 14.1. The molecule has 228 valence electrons. The molecule has 1 aromatic carbocycles. The van der Waals surface area contributed by atoms with E-state index in [0.29, 0.717) is 37.6 Å². The highest BCUT2D eigenvalue weighted by Crippen LogP contribution is 2.30. The van der Waals surface area contributed by atoms with Crippen LogP contribution < -0.4 is 20.7 Å². The van der Waals surface area contributed by atoms with E-state index in [1.807, 2.05) is 17.9 Å². The number of hydrogen-bond acceptors (Lipinski definition) is 8. The molecular weight excluding hydrogens is 540 g/mol. The van der Waals surface area contributed by atoms with Gasteiger partial charge in [-0.1, -0.05) is 43.0 Å². The number of rotatable bonds is 15. The van der Waals surface area contributed by atoms with Crippen LogP contribution in [0.15, 0.2) is 60.7 Å². The standard InChI is InChI=1S/C31H42N4O7/c1-6-7-8-9-21(2)27(28(37)31(4)20-42-31)34-30(39)25(18-23-10-12-24(40-5)13-11-23)33-29(38)22(3)32-26(36)19-35-14-16-41-17-15-35/h6-13,22,25,27H,2,14-20H2,1,3-5H3,(H,32,36)(H,33,38)(H,34,39)/b7-6-,9-8-/t22-,25-,27+,31+/m0/s1. The van der Waals surface area contributed by atoms with Crippen molar-refractivity contribution in [3.8, 4) is 5.75 Å². The maximum Gasteiger partial charge on any atom is 0.243 e. The Balaban J connectivity index is 1.75. The van der Waals surface area contributed by atoms with Crippen molar-refractivity contribution in [2.45, 2.75) is 50.9 Å². The van der Waals surface area contributed by atoms with E-state index in [-0.39, 0.29) is 31.3 Å². The van der Waals surface area contributed by atoms with Crippen LogP contribution in [0.4, 0.5) is 0 Å². The van der Waals surface area contributed by atoms with Gasteiger partial charge in [0.15, 0.2) is 5.78 Å². The molecule has 2 fully saturated rings. The molecule has 0 unspecified atom stereocenters. The van der Waals surface area contributed by atoms with Gasteiger partial charge in [-0.3, -0.25) is 24.1 Å². The molecule has 0 saturated carbocycles. The summed E-state index contributed by atoms with van der Waals surface area (Å²) in [6.45, 7) is 11.8. The lowest BCUT2D eigenvalue weighted by Crippen LogP contribution is -2.57. The van der Waals surface area contributed by atoms with Crippen LogP contribution in [0.5, 0.6) is 5.75 Å². The lowest BCUT2D eigenvalue weighted by atomic mass is 9.94. The summed E-state index contributed by atoms with van der Waals surface area (Å²) in [5.41, 5.74) is 0.123. The highest BCUT2D eigenvalue weighted by molar-refractivity contribution is 6.00. The molecule has 0 aliphatic carbocycles. The number of benzene rings is 1. The summed E-state index contributed by atoms with van der Waals surface area (Å²) in [5, 5.41) is 8.25. The van der Waals surface area contributed by atoms with E-state index in [9.17, 15) is 19.2 Å². The first kappa shape index (κ1) is 32.7. The maximum atomic E-state index is 13.7. The SMILES string of the molecule is C=C(/C=C\C=C/C)[C@@H](NC(=O)[C@H](Cc1ccc(OC)cc1)NC(=O)[C@H](C)NC(=O)CN1CCOCC1)C(=O)[C@@]1(C)CO1. The topological polar surface area (TPSA) is 139 Å². The lowest BCUT2D eigenvalue weighted by Gasteiger charge is -2.27. The van der Waals surface area contributed by atoms with Crippen molar-refractivity contribution >= 4 is 23.5 Å². The quantitative estimate of drug-likeness (QED) is 0.206. The van der Waals surface area contributed by atoms with Crippen molar-refractivity contribution in [2.75, 3.05) is 46.6 Å². The molecule has 2 heterocycles. The molecule has 3 N–H and O–H groups in total. The second-order valence-corrected chi connectivity index (χ2v) is 10.6. The first-order valence-corrected chi connectivity index (χ1v) is 14.1. The van der Waals surface area contributed by atoms with Crippen LogP contribution in [-0.2, 0) is 35.1 Å². The number of carbonyl (C=O) groups excluding carboxylic acids is 4. The third-order valence-corrected chi connectivity index (χ3v) is 7.11. The molecule has 3 amide bonds. The van der Waals surface area contributed by atoms with E-state index in [4.69, 9.17) is 14.2 Å². The predicted octanol–water partition coefficient (Wildman–Crippen LogP) is 1.09. The van der Waals surface area contributed by atoms with Crippen LogP contribution in [-0.4, -0.2) is 98.7 Å². The highest BCUT2D eigenvalue weighted by Gasteiger charge is 2.50. The van der Waals surface area contributed by atoms with Gasteiger partial charge in [0.25, 0.3) is 0 Å². The number of morpholine rings is 1. The Labute approximate surface area is 247 Å². The molecule has 4 atom stereocenters. The molecule has 11 nitrogen and oxygen atoms in total. The maximum absolute atomic E-state index is 13.7. The minimum Gasteiger partial charge on any atom is -0.497 e. The Morgan fingerprint density at radius 1 is 1.07 bits per heavy atom. The number of nitrogens with one attached hydrogen (secondary N) is 3. The fourth-order valence-electron chi connectivity index (χ4n) is 4.33. The molecule has 11 heteroatoms. The van der Waals surface area contributed by atoms with E-state index in [0.717, 1.165) is 5.56 Å². The predicted molar refractivity (Wildman–Crippen MR) is 158 cm³/mol. The van der Waals surface area contributed by atoms with Gasteiger partial charge >= 0.3 is 0 Å². The van der Waals surface area contributed by atoms with E-state index in [2.05, 4.69) is 22.5 Å². The highest BCUT2D eigenvalue weighted by atomic mass is 16.6. The van der Waals surface area contributed by atoms with E-state index < -0.39 is 35.5 Å². The van der Waals surface area contributed by atoms with Crippen LogP contribution in [0, 0.1) is 0 Å². The molecule has 0 radical (unpaired) electrons. The zero-order chi connectivity index (χ0) is 30.7. The molecule has 3 rings (SSSR count). The number of methoxy groups -OCH3 is 1. The number of amides is 3. The monoisotopic (exact) mass is 582 g/mol. The van der Waals surface area contributed by atoms with E-state index in [1.54, 1.807) is 63.5 Å². The Bertz CT molecular complexity index is 1180. The van der Waals surface area contributed by atoms with Gasteiger partial charge < -0.3 is 30.2 Å². The third-order valence-electron chi connectivity index (χ3n) is 7.11. The second-order valence-electron chi connectivity index (χ2n) is 10.6. The zero-order valence-corrected chi connectivity index (χ0v) is 24.8. The van der Waals surface area contributed by atoms with E-state index in [1.165, 1.54) is 0 Å². The molecule has 1 aromatic rings. The average Bonchev–Trinajstić information content (AvgIpc) is 3.74. The Morgan fingerprint density at radius 3 is 2.33 bits per heavy atom. The smallest absolute Gasteiger partial charge is 0.243 e. The number of hydrogen-bond donors (Lipinski definition) is 3. The summed E-state index contributed by atoms with van der Waals surface area (Å²) in [7, 11) is 1.55. The van der Waals surface area contributed by atoms with Gasteiger partial charge in [-0.05, 0) is 44.0 Å². The molecule has 42 heavy (non-hydrogen) atoms. The molecule has 2 aliphatic rings. The van der Waals surface area contributed by atoms with Gasteiger partial charge in [-0.15, -0.1) is 0 Å². The lowest BCUT2D eigenvalue weighted by molar-refractivity contribution is -0.133. The number of ether oxygens (including phenoxy) is 3. The third kappa shape index (κ3) is 9.64. The molecule has 0 spiro atoms. The number of carbonyl (C=O) groups is 4. The summed E-state index contributed by atoms with van der Waals surface area (Å²) >= 11 is 0. The first-order chi connectivity index (χ1) is 20.1. The summed E-state index contributed by atoms with van der Waals surface area (Å²) in [6.07, 6.45) is 7.11. The van der Waals surface area contributed by atoms with Crippen molar-refractivity contribution in [2.24, 2.45) is 0 Å². The number of nitrogens with zero attached hydrogens (tertiary/aromatic N) is 1. The second kappa shape index (κ2) is 15.4. The van der Waals surface area contributed by atoms with Gasteiger partial charge in [-0.2, -0.15) is 0 Å². The van der Waals surface area contributed by atoms with E-state index >= 15 is 0 Å². The molecule has 2 saturated heterocycles. The minimum atomic E-state index is -1.06. The molecule has 0 bridgehead atoms. The molecule has 2 aliphatic heterocycles. The van der Waals surface area contributed by atoms with Gasteiger partial charge in [0.2, 0.25) is 17.7 Å². The summed E-state index contributed by atoms with van der Waals surface area (Å²) in [4.78, 5) is 54.7. The zero-order valence-electron chi connectivity index (χ0n) is 24.8. The largest absolute Gasteiger partial charge is 0.497 e. The van der Waals surface area contributed by atoms with Crippen molar-refractivity contribution in [3.63, 3.8) is 0 Å². The number of ketones is 1. The molecular formula is C31H42N4O7. The Hall–Kier alpha value is -3.80. The van der Waals surface area contributed by atoms with Crippen molar-refractivity contribution < 1.29 is 33.4 Å². The molecule has 0 aromatic heterocycles. The summed E-state index contributed by atoms with van der Waals surface area (Å²) < 4.78 is 15.9. The van der Waals surface area contributed by atoms with Gasteiger partial charge in [0.1, 0.15) is 29.5 Å². The average molecular weight is 583 g/mol. The van der Waals surface area contributed by atoms with Gasteiger partial charge in [0, 0.05) is 19.5 Å². The summed E-state index contributed by atoms with van der Waals surface area (Å²) in [5.74, 6) is -1.10. The normalized spacial score (nSPS) is 20.9.